The van der Waals surface area contributed by atoms with Crippen LogP contribution in [0.3, 0.4) is 0 Å². The Bertz CT molecular complexity index is 459. The number of nitrogens with zero attached hydrogens (tertiary/aromatic N) is 3. The van der Waals surface area contributed by atoms with E-state index in [1.165, 1.54) is 0 Å². The van der Waals surface area contributed by atoms with Crippen LogP contribution in [-0.4, -0.2) is 61.1 Å². The van der Waals surface area contributed by atoms with Gasteiger partial charge in [0.15, 0.2) is 0 Å². The van der Waals surface area contributed by atoms with E-state index in [1.54, 1.807) is 30.8 Å². The van der Waals surface area contributed by atoms with Gasteiger partial charge in [-0.15, -0.1) is 0 Å². The molecule has 1 rings (SSSR count). The quantitative estimate of drug-likeness (QED) is 0.678. The summed E-state index contributed by atoms with van der Waals surface area (Å²) in [6.07, 6.45) is 1.47. The van der Waals surface area contributed by atoms with Crippen LogP contribution in [-0.2, 0) is 22.9 Å². The molecule has 0 spiro atoms. The van der Waals surface area contributed by atoms with Crippen LogP contribution in [0.15, 0.2) is 0 Å². The molecule has 0 unspecified atom stereocenters. The van der Waals surface area contributed by atoms with Gasteiger partial charge < -0.3 is 20.1 Å². The number of amides is 1. The summed E-state index contributed by atoms with van der Waals surface area (Å²) in [4.78, 5) is 14.4. The van der Waals surface area contributed by atoms with Gasteiger partial charge in [0.05, 0.1) is 18.0 Å². The summed E-state index contributed by atoms with van der Waals surface area (Å²) in [7, 11) is 5.01. The van der Waals surface area contributed by atoms with Crippen LogP contribution in [0, 0.1) is 0 Å². The number of nitrogen functional groups attached to an aromatic ring is 1. The minimum atomic E-state index is -0.115. The molecule has 0 aliphatic carbocycles. The van der Waals surface area contributed by atoms with Gasteiger partial charge in [-0.3, -0.25) is 9.48 Å². The Kier molecular flexibility index (Phi) is 7.18. The monoisotopic (exact) mass is 298 g/mol. The summed E-state index contributed by atoms with van der Waals surface area (Å²) in [5.41, 5.74) is 7.72. The Hall–Kier alpha value is -1.60. The molecule has 1 aromatic heterocycles. The van der Waals surface area contributed by atoms with Gasteiger partial charge in [-0.2, -0.15) is 5.10 Å². The number of ether oxygens (including phenoxy) is 2. The molecule has 1 heterocycles. The molecule has 2 N–H and O–H groups in total. The molecule has 1 aromatic rings. The van der Waals surface area contributed by atoms with Gasteiger partial charge in [-0.25, -0.2) is 0 Å². The third kappa shape index (κ3) is 4.44. The van der Waals surface area contributed by atoms with Crippen molar-refractivity contribution in [1.82, 2.24) is 14.7 Å². The Balaban J connectivity index is 2.90. The van der Waals surface area contributed by atoms with Crippen molar-refractivity contribution < 1.29 is 14.3 Å². The maximum Gasteiger partial charge on any atom is 0.274 e. The molecule has 21 heavy (non-hydrogen) atoms. The van der Waals surface area contributed by atoms with E-state index in [4.69, 9.17) is 15.2 Å². The third-order valence-corrected chi connectivity index (χ3v) is 3.33. The molecular formula is C14H26N4O3. The molecule has 0 saturated heterocycles. The van der Waals surface area contributed by atoms with Crippen molar-refractivity contribution in [2.24, 2.45) is 7.05 Å². The highest BCUT2D eigenvalue weighted by molar-refractivity contribution is 5.98. The van der Waals surface area contributed by atoms with Crippen molar-refractivity contribution in [2.45, 2.75) is 19.8 Å². The molecule has 0 radical (unpaired) electrons. The van der Waals surface area contributed by atoms with E-state index in [9.17, 15) is 4.79 Å². The summed E-state index contributed by atoms with van der Waals surface area (Å²) < 4.78 is 11.7. The zero-order valence-corrected chi connectivity index (χ0v) is 13.4. The lowest BCUT2D eigenvalue weighted by Gasteiger charge is -2.22. The fourth-order valence-corrected chi connectivity index (χ4v) is 2.18. The Morgan fingerprint density at radius 1 is 1.29 bits per heavy atom. The van der Waals surface area contributed by atoms with Gasteiger partial charge in [0, 0.05) is 41.0 Å². The highest BCUT2D eigenvalue weighted by Gasteiger charge is 2.23. The number of anilines is 1. The number of hydrogen-bond acceptors (Lipinski definition) is 5. The molecular weight excluding hydrogens is 272 g/mol. The molecule has 0 fully saturated rings. The van der Waals surface area contributed by atoms with E-state index in [0.717, 1.165) is 12.1 Å². The van der Waals surface area contributed by atoms with Crippen LogP contribution >= 0.6 is 0 Å². The van der Waals surface area contributed by atoms with Gasteiger partial charge in [0.25, 0.3) is 5.91 Å². The molecule has 0 bridgehead atoms. The SMILES string of the molecule is CCc1nn(C)c(C(=O)N(CCCOC)CCOC)c1N. The summed E-state index contributed by atoms with van der Waals surface area (Å²) in [5, 5.41) is 4.30. The molecule has 0 aromatic carbocycles. The maximum atomic E-state index is 12.7. The fraction of sp³-hybridized carbons (Fsp3) is 0.714. The average Bonchev–Trinajstić information content (AvgIpc) is 2.76. The van der Waals surface area contributed by atoms with Crippen molar-refractivity contribution in [2.75, 3.05) is 46.3 Å². The maximum absolute atomic E-state index is 12.7. The Labute approximate surface area is 126 Å². The van der Waals surface area contributed by atoms with Crippen LogP contribution in [0.25, 0.3) is 0 Å². The van der Waals surface area contributed by atoms with Crippen molar-refractivity contribution in [3.05, 3.63) is 11.4 Å². The number of nitrogens with two attached hydrogens (primary N) is 1. The van der Waals surface area contributed by atoms with E-state index in [0.29, 0.717) is 44.1 Å². The van der Waals surface area contributed by atoms with Gasteiger partial charge >= 0.3 is 0 Å². The number of carbonyl (C=O) groups is 1. The second-order valence-corrected chi connectivity index (χ2v) is 4.82. The molecule has 1 amide bonds. The second-order valence-electron chi connectivity index (χ2n) is 4.82. The Morgan fingerprint density at radius 3 is 2.48 bits per heavy atom. The number of methoxy groups -OCH3 is 2. The number of rotatable bonds is 9. The first-order chi connectivity index (χ1) is 10.1. The van der Waals surface area contributed by atoms with Crippen molar-refractivity contribution in [3.8, 4) is 0 Å². The second kappa shape index (κ2) is 8.63. The number of aryl methyl sites for hydroxylation is 2. The van der Waals surface area contributed by atoms with Gasteiger partial charge in [0.1, 0.15) is 5.69 Å². The minimum Gasteiger partial charge on any atom is -0.395 e. The lowest BCUT2D eigenvalue weighted by atomic mass is 10.2. The van der Waals surface area contributed by atoms with E-state index in [-0.39, 0.29) is 5.91 Å². The smallest absolute Gasteiger partial charge is 0.274 e. The van der Waals surface area contributed by atoms with Gasteiger partial charge in [-0.1, -0.05) is 6.92 Å². The van der Waals surface area contributed by atoms with Crippen LogP contribution < -0.4 is 5.73 Å². The van der Waals surface area contributed by atoms with Gasteiger partial charge in [-0.05, 0) is 12.8 Å². The normalized spacial score (nSPS) is 10.9. The first kappa shape index (κ1) is 17.5. The zero-order valence-electron chi connectivity index (χ0n) is 13.4. The molecule has 0 aliphatic rings. The van der Waals surface area contributed by atoms with E-state index in [2.05, 4.69) is 5.10 Å². The average molecular weight is 298 g/mol. The lowest BCUT2D eigenvalue weighted by Crippen LogP contribution is -2.36. The van der Waals surface area contributed by atoms with E-state index in [1.807, 2.05) is 6.92 Å². The van der Waals surface area contributed by atoms with Gasteiger partial charge in [0.2, 0.25) is 0 Å². The summed E-state index contributed by atoms with van der Waals surface area (Å²) >= 11 is 0. The largest absolute Gasteiger partial charge is 0.395 e. The highest BCUT2D eigenvalue weighted by Crippen LogP contribution is 2.19. The van der Waals surface area contributed by atoms with Crippen LogP contribution in [0.2, 0.25) is 0 Å². The molecule has 0 aliphatic heterocycles. The van der Waals surface area contributed by atoms with Crippen LogP contribution in [0.5, 0.6) is 0 Å². The van der Waals surface area contributed by atoms with Crippen molar-refractivity contribution in [1.29, 1.82) is 0 Å². The Morgan fingerprint density at radius 2 is 1.95 bits per heavy atom. The topological polar surface area (TPSA) is 82.6 Å². The number of hydrogen-bond donors (Lipinski definition) is 1. The lowest BCUT2D eigenvalue weighted by molar-refractivity contribution is 0.0664. The summed E-state index contributed by atoms with van der Waals surface area (Å²) in [6, 6.07) is 0. The highest BCUT2D eigenvalue weighted by atomic mass is 16.5. The standard InChI is InChI=1S/C14H26N4O3/c1-5-11-12(15)13(17(2)16-11)14(19)18(8-10-21-4)7-6-9-20-3/h5-10,15H2,1-4H3. The predicted octanol–water partition coefficient (Wildman–Crippen LogP) is 0.690. The van der Waals surface area contributed by atoms with E-state index < -0.39 is 0 Å². The van der Waals surface area contributed by atoms with Crippen LogP contribution in [0.4, 0.5) is 5.69 Å². The van der Waals surface area contributed by atoms with Crippen molar-refractivity contribution in [3.63, 3.8) is 0 Å². The summed E-state index contributed by atoms with van der Waals surface area (Å²) in [6.45, 7) is 4.18. The molecule has 0 saturated carbocycles. The first-order valence-corrected chi connectivity index (χ1v) is 7.15. The molecule has 120 valence electrons. The third-order valence-electron chi connectivity index (χ3n) is 3.33. The molecule has 7 nitrogen and oxygen atoms in total. The minimum absolute atomic E-state index is 0.115. The number of aromatic nitrogens is 2. The molecule has 7 heteroatoms. The summed E-state index contributed by atoms with van der Waals surface area (Å²) in [5.74, 6) is -0.115. The molecule has 0 atom stereocenters. The first-order valence-electron chi connectivity index (χ1n) is 7.15. The van der Waals surface area contributed by atoms with Crippen LogP contribution in [0.1, 0.15) is 29.5 Å². The zero-order chi connectivity index (χ0) is 15.8. The van der Waals surface area contributed by atoms with E-state index >= 15 is 0 Å². The van der Waals surface area contributed by atoms with Crippen molar-refractivity contribution >= 4 is 11.6 Å². The predicted molar refractivity (Wildman–Crippen MR) is 81.3 cm³/mol. The number of carbonyl (C=O) groups excluding carboxylic acids is 1. The fourth-order valence-electron chi connectivity index (χ4n) is 2.18.